The minimum atomic E-state index is -0.455. The van der Waals surface area contributed by atoms with Gasteiger partial charge in [0, 0.05) is 25.2 Å². The number of carbonyl (C=O) groups is 1. The second kappa shape index (κ2) is 6.87. The maximum Gasteiger partial charge on any atom is 0.271 e. The van der Waals surface area contributed by atoms with Crippen LogP contribution >= 0.6 is 0 Å². The topological polar surface area (TPSA) is 75.5 Å². The third-order valence-electron chi connectivity index (χ3n) is 4.02. The lowest BCUT2D eigenvalue weighted by Crippen LogP contribution is -2.42. The molecule has 2 rings (SSSR count). The van der Waals surface area contributed by atoms with E-state index in [0.29, 0.717) is 24.1 Å². The van der Waals surface area contributed by atoms with Crippen LogP contribution in [0.4, 0.5) is 11.4 Å². The summed E-state index contributed by atoms with van der Waals surface area (Å²) in [6.07, 6.45) is 1.20. The number of nitrogens with zero attached hydrogens (tertiary/aromatic N) is 2. The van der Waals surface area contributed by atoms with Gasteiger partial charge >= 0.3 is 0 Å². The molecule has 0 bridgehead atoms. The molecule has 1 aromatic carbocycles. The maximum absolute atomic E-state index is 12.2. The van der Waals surface area contributed by atoms with Crippen molar-refractivity contribution in [2.75, 3.05) is 25.0 Å². The van der Waals surface area contributed by atoms with Crippen molar-refractivity contribution in [1.82, 2.24) is 4.90 Å². The van der Waals surface area contributed by atoms with Gasteiger partial charge in [0.05, 0.1) is 17.2 Å². The predicted octanol–water partition coefficient (Wildman–Crippen LogP) is 2.82. The Morgan fingerprint density at radius 1 is 1.36 bits per heavy atom. The number of benzene rings is 1. The number of carbonyl (C=O) groups excluding carboxylic acids is 1. The van der Waals surface area contributed by atoms with Gasteiger partial charge in [-0.2, -0.15) is 0 Å². The average Bonchev–Trinajstić information content (AvgIpc) is 2.39. The lowest BCUT2D eigenvalue weighted by molar-refractivity contribution is -0.384. The summed E-state index contributed by atoms with van der Waals surface area (Å²) in [6.45, 7) is 8.40. The summed E-state index contributed by atoms with van der Waals surface area (Å²) in [4.78, 5) is 24.7. The third-order valence-corrected chi connectivity index (χ3v) is 4.02. The van der Waals surface area contributed by atoms with Crippen molar-refractivity contribution in [2.24, 2.45) is 11.8 Å². The van der Waals surface area contributed by atoms with E-state index >= 15 is 0 Å². The summed E-state index contributed by atoms with van der Waals surface area (Å²) < 4.78 is 0. The number of likely N-dealkylation sites (tertiary alicyclic amines) is 1. The Labute approximate surface area is 130 Å². The standard InChI is InChI=1S/C16H23N3O3/c1-11-6-12(2)9-18(8-11)10-16(20)17-15-7-14(19(21)22)5-4-13(15)3/h4-5,7,11-12H,6,8-10H2,1-3H3,(H,17,20). The second-order valence-corrected chi connectivity index (χ2v) is 6.44. The lowest BCUT2D eigenvalue weighted by atomic mass is 9.92. The molecule has 120 valence electrons. The Balaban J connectivity index is 2.00. The van der Waals surface area contributed by atoms with Crippen molar-refractivity contribution in [3.63, 3.8) is 0 Å². The van der Waals surface area contributed by atoms with Gasteiger partial charge in [0.1, 0.15) is 0 Å². The number of anilines is 1. The fraction of sp³-hybridized carbons (Fsp3) is 0.562. The van der Waals surface area contributed by atoms with Gasteiger partial charge in [-0.05, 0) is 30.7 Å². The van der Waals surface area contributed by atoms with Crippen LogP contribution in [0.15, 0.2) is 18.2 Å². The summed E-state index contributed by atoms with van der Waals surface area (Å²) in [5.41, 5.74) is 1.32. The Bertz CT molecular complexity index is 564. The number of aryl methyl sites for hydroxylation is 1. The fourth-order valence-corrected chi connectivity index (χ4v) is 3.17. The van der Waals surface area contributed by atoms with Crippen LogP contribution in [-0.2, 0) is 4.79 Å². The first kappa shape index (κ1) is 16.4. The summed E-state index contributed by atoms with van der Waals surface area (Å²) in [5, 5.41) is 13.6. The first-order chi connectivity index (χ1) is 10.3. The van der Waals surface area contributed by atoms with E-state index in [1.807, 2.05) is 6.92 Å². The zero-order chi connectivity index (χ0) is 16.3. The number of hydrogen-bond donors (Lipinski definition) is 1. The van der Waals surface area contributed by atoms with E-state index in [9.17, 15) is 14.9 Å². The zero-order valence-electron chi connectivity index (χ0n) is 13.3. The molecule has 1 aromatic rings. The molecule has 0 radical (unpaired) electrons. The average molecular weight is 305 g/mol. The molecule has 1 saturated heterocycles. The highest BCUT2D eigenvalue weighted by atomic mass is 16.6. The van der Waals surface area contributed by atoms with E-state index in [1.54, 1.807) is 6.07 Å². The van der Waals surface area contributed by atoms with Crippen molar-refractivity contribution in [3.05, 3.63) is 33.9 Å². The Hall–Kier alpha value is -1.95. The Morgan fingerprint density at radius 3 is 2.59 bits per heavy atom. The van der Waals surface area contributed by atoms with E-state index in [4.69, 9.17) is 0 Å². The minimum Gasteiger partial charge on any atom is -0.324 e. The van der Waals surface area contributed by atoms with Gasteiger partial charge in [-0.3, -0.25) is 19.8 Å². The molecule has 2 unspecified atom stereocenters. The van der Waals surface area contributed by atoms with E-state index < -0.39 is 4.92 Å². The second-order valence-electron chi connectivity index (χ2n) is 6.44. The third kappa shape index (κ3) is 4.27. The van der Waals surface area contributed by atoms with E-state index in [1.165, 1.54) is 18.6 Å². The van der Waals surface area contributed by atoms with Crippen LogP contribution in [0.5, 0.6) is 0 Å². The van der Waals surface area contributed by atoms with E-state index in [-0.39, 0.29) is 11.6 Å². The first-order valence-corrected chi connectivity index (χ1v) is 7.62. The summed E-state index contributed by atoms with van der Waals surface area (Å²) >= 11 is 0. The van der Waals surface area contributed by atoms with Crippen molar-refractivity contribution in [2.45, 2.75) is 27.2 Å². The van der Waals surface area contributed by atoms with Crippen molar-refractivity contribution >= 4 is 17.3 Å². The van der Waals surface area contributed by atoms with Crippen molar-refractivity contribution in [1.29, 1.82) is 0 Å². The van der Waals surface area contributed by atoms with Crippen LogP contribution in [0, 0.1) is 28.9 Å². The molecule has 1 aliphatic rings. The van der Waals surface area contributed by atoms with Crippen LogP contribution in [0.1, 0.15) is 25.8 Å². The molecule has 0 saturated carbocycles. The highest BCUT2D eigenvalue weighted by molar-refractivity contribution is 5.93. The minimum absolute atomic E-state index is 0.0129. The van der Waals surface area contributed by atoms with Gasteiger partial charge in [-0.15, -0.1) is 0 Å². The van der Waals surface area contributed by atoms with E-state index in [0.717, 1.165) is 18.7 Å². The fourth-order valence-electron chi connectivity index (χ4n) is 3.17. The molecule has 1 heterocycles. The van der Waals surface area contributed by atoms with Crippen LogP contribution < -0.4 is 5.32 Å². The molecule has 1 amide bonds. The Morgan fingerprint density at radius 2 is 2.00 bits per heavy atom. The van der Waals surface area contributed by atoms with Gasteiger partial charge in [-0.1, -0.05) is 19.9 Å². The number of amides is 1. The monoisotopic (exact) mass is 305 g/mol. The van der Waals surface area contributed by atoms with Crippen LogP contribution in [0.25, 0.3) is 0 Å². The number of piperidine rings is 1. The number of nitro benzene ring substituents is 1. The summed E-state index contributed by atoms with van der Waals surface area (Å²) in [5.74, 6) is 1.07. The highest BCUT2D eigenvalue weighted by Crippen LogP contribution is 2.23. The number of non-ortho nitro benzene ring substituents is 1. The van der Waals surface area contributed by atoms with Crippen molar-refractivity contribution in [3.8, 4) is 0 Å². The molecule has 1 N–H and O–H groups in total. The molecular formula is C16H23N3O3. The Kier molecular flexibility index (Phi) is 5.13. The molecular weight excluding hydrogens is 282 g/mol. The summed E-state index contributed by atoms with van der Waals surface area (Å²) in [6, 6.07) is 4.51. The normalized spacial score (nSPS) is 22.3. The molecule has 22 heavy (non-hydrogen) atoms. The number of nitro groups is 1. The van der Waals surface area contributed by atoms with Gasteiger partial charge in [0.15, 0.2) is 0 Å². The van der Waals surface area contributed by atoms with Crippen LogP contribution in [0.3, 0.4) is 0 Å². The predicted molar refractivity (Wildman–Crippen MR) is 85.8 cm³/mol. The highest BCUT2D eigenvalue weighted by Gasteiger charge is 2.23. The molecule has 0 spiro atoms. The van der Waals surface area contributed by atoms with E-state index in [2.05, 4.69) is 24.1 Å². The van der Waals surface area contributed by atoms with Crippen LogP contribution in [-0.4, -0.2) is 35.4 Å². The lowest BCUT2D eigenvalue weighted by Gasteiger charge is -2.34. The van der Waals surface area contributed by atoms with Gasteiger partial charge in [-0.25, -0.2) is 0 Å². The summed E-state index contributed by atoms with van der Waals surface area (Å²) in [7, 11) is 0. The van der Waals surface area contributed by atoms with Crippen LogP contribution in [0.2, 0.25) is 0 Å². The molecule has 0 aliphatic carbocycles. The van der Waals surface area contributed by atoms with Gasteiger partial charge < -0.3 is 5.32 Å². The van der Waals surface area contributed by atoms with Gasteiger partial charge in [0.25, 0.3) is 5.69 Å². The van der Waals surface area contributed by atoms with Crippen molar-refractivity contribution < 1.29 is 9.72 Å². The SMILES string of the molecule is Cc1ccc([N+](=O)[O-])cc1NC(=O)CN1CC(C)CC(C)C1. The first-order valence-electron chi connectivity index (χ1n) is 7.62. The number of hydrogen-bond acceptors (Lipinski definition) is 4. The molecule has 1 fully saturated rings. The molecule has 2 atom stereocenters. The number of rotatable bonds is 4. The quantitative estimate of drug-likeness (QED) is 0.685. The molecule has 6 heteroatoms. The molecule has 1 aliphatic heterocycles. The molecule has 0 aromatic heterocycles. The maximum atomic E-state index is 12.2. The largest absolute Gasteiger partial charge is 0.324 e. The zero-order valence-corrected chi connectivity index (χ0v) is 13.3. The smallest absolute Gasteiger partial charge is 0.271 e. The van der Waals surface area contributed by atoms with Gasteiger partial charge in [0.2, 0.25) is 5.91 Å². The number of nitrogens with one attached hydrogen (secondary N) is 1. The molecule has 6 nitrogen and oxygen atoms in total.